The lowest BCUT2D eigenvalue weighted by molar-refractivity contribution is -0.184. The average Bonchev–Trinajstić information content (AvgIpc) is 3.40. The Labute approximate surface area is 220 Å². The summed E-state index contributed by atoms with van der Waals surface area (Å²) in [5.74, 6) is 0.758. The van der Waals surface area contributed by atoms with Crippen molar-refractivity contribution in [3.05, 3.63) is 52.1 Å². The number of fused-ring (bicyclic) bond motifs is 5. The second-order valence-corrected chi connectivity index (χ2v) is 12.3. The summed E-state index contributed by atoms with van der Waals surface area (Å²) >= 11 is 0. The molecule has 2 fully saturated rings. The topological polar surface area (TPSA) is 63.7 Å². The third-order valence-electron chi connectivity index (χ3n) is 10.6. The summed E-state index contributed by atoms with van der Waals surface area (Å²) in [6, 6.07) is 6.94. The summed E-state index contributed by atoms with van der Waals surface area (Å²) in [6.45, 7) is 6.70. The van der Waals surface area contributed by atoms with Crippen LogP contribution in [0, 0.1) is 17.3 Å². The first-order valence-corrected chi connectivity index (χ1v) is 14.2. The van der Waals surface area contributed by atoms with Crippen molar-refractivity contribution in [3.63, 3.8) is 0 Å². The van der Waals surface area contributed by atoms with Crippen LogP contribution in [0.4, 0.5) is 5.69 Å². The molecule has 37 heavy (non-hydrogen) atoms. The Hall–Kier alpha value is -2.69. The monoisotopic (exact) mass is 501 g/mol. The first-order valence-electron chi connectivity index (χ1n) is 14.2. The van der Waals surface area contributed by atoms with Crippen molar-refractivity contribution in [1.29, 1.82) is 0 Å². The fourth-order valence-electron chi connectivity index (χ4n) is 8.83. The predicted molar refractivity (Wildman–Crippen MR) is 143 cm³/mol. The molecule has 4 aliphatic carbocycles. The van der Waals surface area contributed by atoms with Gasteiger partial charge in [0.25, 0.3) is 0 Å². The first-order chi connectivity index (χ1) is 17.7. The van der Waals surface area contributed by atoms with Crippen molar-refractivity contribution >= 4 is 23.2 Å². The Morgan fingerprint density at radius 3 is 2.70 bits per heavy atom. The zero-order chi connectivity index (χ0) is 26.1. The highest BCUT2D eigenvalue weighted by atomic mass is 16.6. The van der Waals surface area contributed by atoms with Gasteiger partial charge >= 0.3 is 5.97 Å². The number of rotatable bonds is 4. The molecule has 0 aromatic heterocycles. The molecule has 0 bridgehead atoms. The normalized spacial score (nSPS) is 34.4. The number of Topliss-reactive ketones (excluding diaryl/α,β-unsaturated/α-hetero) is 1. The molecule has 5 aliphatic rings. The number of anilines is 1. The van der Waals surface area contributed by atoms with E-state index in [9.17, 15) is 14.4 Å². The van der Waals surface area contributed by atoms with E-state index in [2.05, 4.69) is 37.1 Å². The smallest absolute Gasteiger partial charge is 0.306 e. The van der Waals surface area contributed by atoms with Gasteiger partial charge in [-0.25, -0.2) is 0 Å². The summed E-state index contributed by atoms with van der Waals surface area (Å²) in [7, 11) is 2.15. The lowest BCUT2D eigenvalue weighted by atomic mass is 9.50. The van der Waals surface area contributed by atoms with Gasteiger partial charge in [0, 0.05) is 43.5 Å². The SMILES string of the molecule is CCC(=O)O[C@]1(C(C)=O)CC[C@H]2[C@@H]3CCC4=CC(=O)CCC4=C3[C@@H](c3ccc4c(c3)CCN4C)C[C@@]21C. The Morgan fingerprint density at radius 1 is 1.14 bits per heavy atom. The predicted octanol–water partition coefficient (Wildman–Crippen LogP) is 5.86. The Balaban J connectivity index is 1.52. The van der Waals surface area contributed by atoms with Crippen LogP contribution in [0.3, 0.4) is 0 Å². The minimum atomic E-state index is -1.06. The Morgan fingerprint density at radius 2 is 1.95 bits per heavy atom. The number of nitrogens with zero attached hydrogens (tertiary/aromatic N) is 1. The zero-order valence-corrected chi connectivity index (χ0v) is 22.7. The van der Waals surface area contributed by atoms with Gasteiger partial charge in [-0.2, -0.15) is 0 Å². The number of allylic oxidation sites excluding steroid dienone is 4. The van der Waals surface area contributed by atoms with Crippen molar-refractivity contribution in [1.82, 2.24) is 0 Å². The highest BCUT2D eigenvalue weighted by Gasteiger charge is 2.67. The van der Waals surface area contributed by atoms with Crippen LogP contribution in [-0.2, 0) is 25.5 Å². The van der Waals surface area contributed by atoms with E-state index in [1.165, 1.54) is 33.5 Å². The van der Waals surface area contributed by atoms with Crippen LogP contribution in [0.1, 0.15) is 89.2 Å². The summed E-state index contributed by atoms with van der Waals surface area (Å²) in [5.41, 5.74) is 6.68. The van der Waals surface area contributed by atoms with Crippen LogP contribution in [0.5, 0.6) is 0 Å². The minimum absolute atomic E-state index is 0.00983. The number of likely N-dealkylation sites (N-methyl/N-ethyl adjacent to an activating group) is 1. The molecule has 5 heteroatoms. The lowest BCUT2D eigenvalue weighted by Crippen LogP contribution is -2.57. The van der Waals surface area contributed by atoms with E-state index in [4.69, 9.17) is 4.74 Å². The van der Waals surface area contributed by atoms with Gasteiger partial charge in [0.1, 0.15) is 0 Å². The molecule has 0 N–H and O–H groups in total. The number of esters is 1. The second kappa shape index (κ2) is 8.68. The Kier molecular flexibility index (Phi) is 5.78. The summed E-state index contributed by atoms with van der Waals surface area (Å²) in [5, 5.41) is 0. The van der Waals surface area contributed by atoms with Gasteiger partial charge in [0.05, 0.1) is 0 Å². The molecular formula is C32H39NO4. The van der Waals surface area contributed by atoms with E-state index >= 15 is 0 Å². The van der Waals surface area contributed by atoms with E-state index in [1.54, 1.807) is 13.8 Å². The molecule has 0 radical (unpaired) electrons. The molecule has 1 aliphatic heterocycles. The van der Waals surface area contributed by atoms with Gasteiger partial charge in [0.2, 0.25) is 0 Å². The van der Waals surface area contributed by atoms with E-state index in [0.717, 1.165) is 45.1 Å². The van der Waals surface area contributed by atoms with Gasteiger partial charge in [-0.15, -0.1) is 0 Å². The van der Waals surface area contributed by atoms with Crippen molar-refractivity contribution in [2.24, 2.45) is 17.3 Å². The molecule has 1 aromatic rings. The van der Waals surface area contributed by atoms with Gasteiger partial charge < -0.3 is 9.64 Å². The number of ketones is 2. The molecule has 2 saturated carbocycles. The number of ether oxygens (including phenoxy) is 1. The zero-order valence-electron chi connectivity index (χ0n) is 22.7. The molecular weight excluding hydrogens is 462 g/mol. The minimum Gasteiger partial charge on any atom is -0.450 e. The molecule has 0 spiro atoms. The maximum atomic E-state index is 13.4. The quantitative estimate of drug-likeness (QED) is 0.484. The number of hydrogen-bond acceptors (Lipinski definition) is 5. The van der Waals surface area contributed by atoms with Gasteiger partial charge in [0.15, 0.2) is 17.2 Å². The van der Waals surface area contributed by atoms with Crippen LogP contribution >= 0.6 is 0 Å². The molecule has 1 heterocycles. The van der Waals surface area contributed by atoms with Crippen molar-refractivity contribution in [3.8, 4) is 0 Å². The average molecular weight is 502 g/mol. The molecule has 5 atom stereocenters. The van der Waals surface area contributed by atoms with Crippen LogP contribution in [0.2, 0.25) is 0 Å². The third-order valence-corrected chi connectivity index (χ3v) is 10.6. The van der Waals surface area contributed by atoms with Crippen LogP contribution in [-0.4, -0.2) is 36.7 Å². The second-order valence-electron chi connectivity index (χ2n) is 12.3. The van der Waals surface area contributed by atoms with E-state index < -0.39 is 11.0 Å². The van der Waals surface area contributed by atoms with Crippen LogP contribution < -0.4 is 4.90 Å². The van der Waals surface area contributed by atoms with Gasteiger partial charge in [-0.1, -0.05) is 31.6 Å². The maximum absolute atomic E-state index is 13.4. The third kappa shape index (κ3) is 3.52. The fourth-order valence-corrected chi connectivity index (χ4v) is 8.83. The van der Waals surface area contributed by atoms with Crippen molar-refractivity contribution in [2.75, 3.05) is 18.5 Å². The van der Waals surface area contributed by atoms with Gasteiger partial charge in [-0.3, -0.25) is 14.4 Å². The number of carbonyl (C=O) groups is 3. The van der Waals surface area contributed by atoms with Crippen LogP contribution in [0.25, 0.3) is 0 Å². The molecule has 1 aromatic carbocycles. The van der Waals surface area contributed by atoms with Crippen LogP contribution in [0.15, 0.2) is 41.0 Å². The summed E-state index contributed by atoms with van der Waals surface area (Å²) in [4.78, 5) is 40.7. The van der Waals surface area contributed by atoms with Crippen molar-refractivity contribution < 1.29 is 19.1 Å². The highest BCUT2D eigenvalue weighted by molar-refractivity contribution is 5.93. The molecule has 5 nitrogen and oxygen atoms in total. The molecule has 0 amide bonds. The van der Waals surface area contributed by atoms with Gasteiger partial charge in [-0.05, 0) is 98.1 Å². The summed E-state index contributed by atoms with van der Waals surface area (Å²) in [6.07, 6.45) is 8.86. The standard InChI is InChI=1S/C32H39NO4/c1-5-29(36)37-32(19(2)34)14-12-27-25-9-6-21-17-23(35)8-10-24(21)30(25)26(18-31(27,32)3)20-7-11-28-22(16-20)13-15-33(28)4/h7,11,16-17,25-27H,5-6,8-10,12-15,18H2,1-4H3/t25-,26+,27-,31-,32-/m0/s1. The molecule has 0 saturated heterocycles. The Bertz CT molecular complexity index is 1260. The van der Waals surface area contributed by atoms with E-state index in [-0.39, 0.29) is 29.9 Å². The molecule has 196 valence electrons. The largest absolute Gasteiger partial charge is 0.450 e. The fraction of sp³-hybridized carbons (Fsp3) is 0.594. The highest BCUT2D eigenvalue weighted by Crippen LogP contribution is 2.68. The van der Waals surface area contributed by atoms with E-state index in [0.29, 0.717) is 24.7 Å². The van der Waals surface area contributed by atoms with Crippen molar-refractivity contribution in [2.45, 2.75) is 90.1 Å². The number of carbonyl (C=O) groups excluding carboxylic acids is 3. The maximum Gasteiger partial charge on any atom is 0.306 e. The first kappa shape index (κ1) is 24.6. The molecule has 0 unspecified atom stereocenters. The molecule has 6 rings (SSSR count). The number of hydrogen-bond donors (Lipinski definition) is 0. The summed E-state index contributed by atoms with van der Waals surface area (Å²) < 4.78 is 6.19. The number of benzene rings is 1. The lowest BCUT2D eigenvalue weighted by Gasteiger charge is -2.55. The van der Waals surface area contributed by atoms with E-state index in [1.807, 2.05) is 6.08 Å².